The number of ether oxygens (including phenoxy) is 1. The Balaban J connectivity index is 2.52. The third kappa shape index (κ3) is 3.42. The van der Waals surface area contributed by atoms with E-state index in [1.165, 1.54) is 16.3 Å². The summed E-state index contributed by atoms with van der Waals surface area (Å²) in [4.78, 5) is 4.29. The summed E-state index contributed by atoms with van der Waals surface area (Å²) in [5.74, 6) is 0. The van der Waals surface area contributed by atoms with Gasteiger partial charge in [0.05, 0.1) is 12.1 Å². The van der Waals surface area contributed by atoms with Gasteiger partial charge in [0, 0.05) is 24.4 Å². The topological polar surface area (TPSA) is 34.1 Å². The monoisotopic (exact) mass is 286 g/mol. The lowest BCUT2D eigenvalue weighted by Gasteiger charge is -2.37. The van der Waals surface area contributed by atoms with Gasteiger partial charge in [0.1, 0.15) is 0 Å². The van der Waals surface area contributed by atoms with Crippen LogP contribution in [-0.2, 0) is 4.74 Å². The van der Waals surface area contributed by atoms with E-state index >= 15 is 0 Å². The van der Waals surface area contributed by atoms with E-state index in [0.717, 1.165) is 0 Å². The Labute approximate surface area is 127 Å². The molecule has 2 atom stereocenters. The molecule has 1 N–H and O–H groups in total. The fraction of sp³-hybridized carbons (Fsp3) is 0.500. The van der Waals surface area contributed by atoms with Gasteiger partial charge in [-0.2, -0.15) is 0 Å². The van der Waals surface area contributed by atoms with Gasteiger partial charge in [0.2, 0.25) is 0 Å². The van der Waals surface area contributed by atoms with Crippen molar-refractivity contribution < 1.29 is 4.74 Å². The van der Waals surface area contributed by atoms with Gasteiger partial charge in [0.15, 0.2) is 0 Å². The molecule has 0 aliphatic rings. The normalized spacial score (nSPS) is 15.1. The molecule has 2 rings (SSSR count). The second kappa shape index (κ2) is 6.54. The van der Waals surface area contributed by atoms with E-state index in [2.05, 4.69) is 62.3 Å². The minimum Gasteiger partial charge on any atom is -0.376 e. The van der Waals surface area contributed by atoms with Crippen LogP contribution in [0.4, 0.5) is 0 Å². The van der Waals surface area contributed by atoms with Crippen molar-refractivity contribution >= 4 is 10.8 Å². The van der Waals surface area contributed by atoms with E-state index in [1.54, 1.807) is 0 Å². The van der Waals surface area contributed by atoms with Gasteiger partial charge in [0.25, 0.3) is 0 Å². The first-order valence-electron chi connectivity index (χ1n) is 7.60. The molecule has 3 nitrogen and oxygen atoms in total. The van der Waals surface area contributed by atoms with Crippen molar-refractivity contribution in [1.82, 2.24) is 10.3 Å². The SMILES string of the molecule is CCOC(C(NC)c1cccc2ccncc12)C(C)(C)C. The molecule has 0 bridgehead atoms. The summed E-state index contributed by atoms with van der Waals surface area (Å²) < 4.78 is 6.08. The first-order valence-corrected chi connectivity index (χ1v) is 7.60. The number of fused-ring (bicyclic) bond motifs is 1. The zero-order valence-electron chi connectivity index (χ0n) is 13.7. The van der Waals surface area contributed by atoms with E-state index < -0.39 is 0 Å². The third-order valence-electron chi connectivity index (χ3n) is 3.87. The summed E-state index contributed by atoms with van der Waals surface area (Å²) in [5, 5.41) is 5.85. The fourth-order valence-electron chi connectivity index (χ4n) is 2.90. The van der Waals surface area contributed by atoms with Gasteiger partial charge >= 0.3 is 0 Å². The Kier molecular flexibility index (Phi) is 4.96. The molecule has 0 radical (unpaired) electrons. The Hall–Kier alpha value is -1.45. The summed E-state index contributed by atoms with van der Waals surface area (Å²) in [7, 11) is 2.00. The first-order chi connectivity index (χ1) is 9.99. The second-order valence-electron chi connectivity index (χ2n) is 6.45. The highest BCUT2D eigenvalue weighted by molar-refractivity contribution is 5.85. The van der Waals surface area contributed by atoms with Crippen LogP contribution in [0.2, 0.25) is 0 Å². The summed E-state index contributed by atoms with van der Waals surface area (Å²) >= 11 is 0. The number of aromatic nitrogens is 1. The minimum absolute atomic E-state index is 0.0497. The molecule has 2 aromatic rings. The quantitative estimate of drug-likeness (QED) is 0.903. The van der Waals surface area contributed by atoms with Crippen LogP contribution in [0.1, 0.15) is 39.3 Å². The van der Waals surface area contributed by atoms with E-state index in [1.807, 2.05) is 19.4 Å². The van der Waals surface area contributed by atoms with Crippen molar-refractivity contribution in [2.75, 3.05) is 13.7 Å². The molecule has 1 aromatic heterocycles. The molecule has 3 heteroatoms. The van der Waals surface area contributed by atoms with Crippen molar-refractivity contribution in [3.8, 4) is 0 Å². The zero-order valence-corrected chi connectivity index (χ0v) is 13.7. The smallest absolute Gasteiger partial charge is 0.0817 e. The molecule has 0 fully saturated rings. The van der Waals surface area contributed by atoms with Gasteiger partial charge in [-0.25, -0.2) is 0 Å². The maximum Gasteiger partial charge on any atom is 0.0817 e. The van der Waals surface area contributed by atoms with E-state index in [4.69, 9.17) is 4.74 Å². The molecular formula is C18H26N2O. The molecule has 0 aliphatic carbocycles. The number of nitrogens with one attached hydrogen (secondary N) is 1. The largest absolute Gasteiger partial charge is 0.376 e. The van der Waals surface area contributed by atoms with Crippen LogP contribution in [0.5, 0.6) is 0 Å². The second-order valence-corrected chi connectivity index (χ2v) is 6.45. The lowest BCUT2D eigenvalue weighted by molar-refractivity contribution is -0.0347. The third-order valence-corrected chi connectivity index (χ3v) is 3.87. The molecule has 0 saturated carbocycles. The molecular weight excluding hydrogens is 260 g/mol. The lowest BCUT2D eigenvalue weighted by Crippen LogP contribution is -2.41. The Morgan fingerprint density at radius 3 is 2.62 bits per heavy atom. The van der Waals surface area contributed by atoms with Crippen LogP contribution >= 0.6 is 0 Å². The minimum atomic E-state index is 0.0497. The molecule has 0 saturated heterocycles. The van der Waals surface area contributed by atoms with Gasteiger partial charge in [-0.3, -0.25) is 4.98 Å². The maximum absolute atomic E-state index is 6.08. The first kappa shape index (κ1) is 15.9. The average Bonchev–Trinajstić information content (AvgIpc) is 2.46. The van der Waals surface area contributed by atoms with Crippen molar-refractivity contribution in [2.45, 2.75) is 39.8 Å². The lowest BCUT2D eigenvalue weighted by atomic mass is 9.81. The van der Waals surface area contributed by atoms with Gasteiger partial charge in [-0.15, -0.1) is 0 Å². The Morgan fingerprint density at radius 1 is 1.24 bits per heavy atom. The maximum atomic E-state index is 6.08. The summed E-state index contributed by atoms with van der Waals surface area (Å²) in [5.41, 5.74) is 1.30. The Bertz CT molecular complexity index is 584. The van der Waals surface area contributed by atoms with Crippen molar-refractivity contribution in [3.05, 3.63) is 42.2 Å². The van der Waals surface area contributed by atoms with Crippen LogP contribution in [-0.4, -0.2) is 24.7 Å². The number of hydrogen-bond donors (Lipinski definition) is 1. The summed E-state index contributed by atoms with van der Waals surface area (Å²) in [6.45, 7) is 9.43. The molecule has 0 aliphatic heterocycles. The summed E-state index contributed by atoms with van der Waals surface area (Å²) in [6, 6.07) is 8.59. The highest BCUT2D eigenvalue weighted by atomic mass is 16.5. The van der Waals surface area contributed by atoms with Crippen LogP contribution in [0, 0.1) is 5.41 Å². The zero-order chi connectivity index (χ0) is 15.5. The van der Waals surface area contributed by atoms with Crippen molar-refractivity contribution in [2.24, 2.45) is 5.41 Å². The summed E-state index contributed by atoms with van der Waals surface area (Å²) in [6.07, 6.45) is 3.88. The van der Waals surface area contributed by atoms with Crippen molar-refractivity contribution in [3.63, 3.8) is 0 Å². The predicted molar refractivity (Wildman–Crippen MR) is 88.4 cm³/mol. The highest BCUT2D eigenvalue weighted by Gasteiger charge is 2.33. The molecule has 0 amide bonds. The molecule has 1 heterocycles. The van der Waals surface area contributed by atoms with E-state index in [0.29, 0.717) is 6.61 Å². The predicted octanol–water partition coefficient (Wildman–Crippen LogP) is 3.95. The van der Waals surface area contributed by atoms with E-state index in [-0.39, 0.29) is 17.6 Å². The van der Waals surface area contributed by atoms with Crippen LogP contribution in [0.15, 0.2) is 36.7 Å². The molecule has 21 heavy (non-hydrogen) atoms. The number of rotatable bonds is 5. The number of nitrogens with zero attached hydrogens (tertiary/aromatic N) is 1. The Morgan fingerprint density at radius 2 is 2.00 bits per heavy atom. The standard InChI is InChI=1S/C18H26N2O/c1-6-21-17(18(2,3)4)16(19-5)14-9-7-8-13-10-11-20-12-15(13)14/h7-12,16-17,19H,6H2,1-5H3. The molecule has 2 unspecified atom stereocenters. The highest BCUT2D eigenvalue weighted by Crippen LogP contribution is 2.35. The average molecular weight is 286 g/mol. The van der Waals surface area contributed by atoms with Gasteiger partial charge in [-0.1, -0.05) is 39.0 Å². The van der Waals surface area contributed by atoms with Crippen LogP contribution < -0.4 is 5.32 Å². The number of likely N-dealkylation sites (N-methyl/N-ethyl adjacent to an activating group) is 1. The fourth-order valence-corrected chi connectivity index (χ4v) is 2.90. The number of hydrogen-bond acceptors (Lipinski definition) is 3. The van der Waals surface area contributed by atoms with Crippen molar-refractivity contribution in [1.29, 1.82) is 0 Å². The van der Waals surface area contributed by atoms with E-state index in [9.17, 15) is 0 Å². The number of benzene rings is 1. The number of pyridine rings is 1. The van der Waals surface area contributed by atoms with Gasteiger partial charge < -0.3 is 10.1 Å². The van der Waals surface area contributed by atoms with Gasteiger partial charge in [-0.05, 0) is 36.4 Å². The molecule has 0 spiro atoms. The molecule has 114 valence electrons. The van der Waals surface area contributed by atoms with Crippen LogP contribution in [0.25, 0.3) is 10.8 Å². The molecule has 1 aromatic carbocycles. The van der Waals surface area contributed by atoms with Crippen LogP contribution in [0.3, 0.4) is 0 Å².